The molecule has 20 heavy (non-hydrogen) atoms. The molecule has 0 saturated heterocycles. The maximum Gasteiger partial charge on any atom is 0.244 e. The van der Waals surface area contributed by atoms with Crippen molar-refractivity contribution in [2.75, 3.05) is 6.61 Å². The molecule has 1 rings (SSSR count). The Morgan fingerprint density at radius 3 is 2.35 bits per heavy atom. The van der Waals surface area contributed by atoms with Crippen LogP contribution in [-0.2, 0) is 10.0 Å². The van der Waals surface area contributed by atoms with Crippen LogP contribution in [0.2, 0.25) is 0 Å². The van der Waals surface area contributed by atoms with Gasteiger partial charge in [-0.2, -0.15) is 0 Å². The summed E-state index contributed by atoms with van der Waals surface area (Å²) in [6.07, 6.45) is 0.743. The molecule has 114 valence electrons. The normalized spacial score (nSPS) is 13.5. The van der Waals surface area contributed by atoms with E-state index in [0.717, 1.165) is 12.0 Å². The second-order valence-electron chi connectivity index (χ2n) is 5.22. The van der Waals surface area contributed by atoms with E-state index in [1.807, 2.05) is 40.7 Å². The molecule has 0 aliphatic heterocycles. The maximum atomic E-state index is 12.5. The van der Waals surface area contributed by atoms with Crippen LogP contribution in [-0.4, -0.2) is 21.1 Å². The Bertz CT molecular complexity index is 538. The SMILES string of the molecule is CCOc1ccc(C(C)C)cc1S(=O)(=O)NC(C)CC. The van der Waals surface area contributed by atoms with Gasteiger partial charge in [-0.1, -0.05) is 26.8 Å². The largest absolute Gasteiger partial charge is 0.492 e. The van der Waals surface area contributed by atoms with E-state index < -0.39 is 10.0 Å². The summed E-state index contributed by atoms with van der Waals surface area (Å²) in [4.78, 5) is 0.228. The smallest absolute Gasteiger partial charge is 0.244 e. The highest BCUT2D eigenvalue weighted by atomic mass is 32.2. The number of nitrogens with one attached hydrogen (secondary N) is 1. The minimum absolute atomic E-state index is 0.0998. The Morgan fingerprint density at radius 1 is 1.20 bits per heavy atom. The molecule has 0 aliphatic carbocycles. The molecular weight excluding hydrogens is 274 g/mol. The molecule has 0 heterocycles. The number of hydrogen-bond donors (Lipinski definition) is 1. The molecule has 0 amide bonds. The molecule has 1 unspecified atom stereocenters. The Morgan fingerprint density at radius 2 is 1.85 bits per heavy atom. The second kappa shape index (κ2) is 7.09. The highest BCUT2D eigenvalue weighted by Gasteiger charge is 2.22. The minimum Gasteiger partial charge on any atom is -0.492 e. The van der Waals surface area contributed by atoms with Crippen LogP contribution in [0.4, 0.5) is 0 Å². The van der Waals surface area contributed by atoms with Crippen molar-refractivity contribution in [1.29, 1.82) is 0 Å². The van der Waals surface area contributed by atoms with Crippen LogP contribution in [0.3, 0.4) is 0 Å². The zero-order chi connectivity index (χ0) is 15.3. The lowest BCUT2D eigenvalue weighted by atomic mass is 10.0. The van der Waals surface area contributed by atoms with Crippen molar-refractivity contribution in [2.24, 2.45) is 0 Å². The summed E-state index contributed by atoms with van der Waals surface area (Å²) in [6.45, 7) is 10.1. The van der Waals surface area contributed by atoms with Crippen molar-refractivity contribution < 1.29 is 13.2 Å². The Balaban J connectivity index is 3.27. The monoisotopic (exact) mass is 299 g/mol. The Kier molecular flexibility index (Phi) is 6.02. The molecule has 0 aromatic heterocycles. The third kappa shape index (κ3) is 4.21. The van der Waals surface area contributed by atoms with Gasteiger partial charge in [0, 0.05) is 6.04 Å². The van der Waals surface area contributed by atoms with E-state index in [4.69, 9.17) is 4.74 Å². The predicted octanol–water partition coefficient (Wildman–Crippen LogP) is 3.29. The van der Waals surface area contributed by atoms with Crippen molar-refractivity contribution in [3.05, 3.63) is 23.8 Å². The van der Waals surface area contributed by atoms with E-state index in [-0.39, 0.29) is 16.9 Å². The van der Waals surface area contributed by atoms with Crippen LogP contribution in [0, 0.1) is 0 Å². The van der Waals surface area contributed by atoms with E-state index in [1.54, 1.807) is 12.1 Å². The van der Waals surface area contributed by atoms with Gasteiger partial charge in [-0.3, -0.25) is 0 Å². The van der Waals surface area contributed by atoms with Crippen LogP contribution in [0.5, 0.6) is 5.75 Å². The van der Waals surface area contributed by atoms with E-state index in [9.17, 15) is 8.42 Å². The van der Waals surface area contributed by atoms with Crippen LogP contribution in [0.25, 0.3) is 0 Å². The third-order valence-corrected chi connectivity index (χ3v) is 4.80. The average Bonchev–Trinajstić information content (AvgIpc) is 2.38. The van der Waals surface area contributed by atoms with Gasteiger partial charge in [0.25, 0.3) is 0 Å². The number of sulfonamides is 1. The van der Waals surface area contributed by atoms with E-state index >= 15 is 0 Å². The van der Waals surface area contributed by atoms with Crippen molar-refractivity contribution in [3.8, 4) is 5.75 Å². The predicted molar refractivity (Wildman–Crippen MR) is 81.8 cm³/mol. The molecule has 4 nitrogen and oxygen atoms in total. The lowest BCUT2D eigenvalue weighted by Crippen LogP contribution is -2.32. The molecule has 0 aliphatic rings. The summed E-state index contributed by atoms with van der Waals surface area (Å²) in [7, 11) is -3.56. The fraction of sp³-hybridized carbons (Fsp3) is 0.600. The van der Waals surface area contributed by atoms with Gasteiger partial charge >= 0.3 is 0 Å². The number of rotatable bonds is 7. The van der Waals surface area contributed by atoms with Crippen LogP contribution >= 0.6 is 0 Å². The fourth-order valence-electron chi connectivity index (χ4n) is 1.78. The number of benzene rings is 1. The molecule has 1 aromatic rings. The number of ether oxygens (including phenoxy) is 1. The summed E-state index contributed by atoms with van der Waals surface area (Å²) < 4.78 is 33.1. The third-order valence-electron chi connectivity index (χ3n) is 3.19. The quantitative estimate of drug-likeness (QED) is 0.840. The summed E-state index contributed by atoms with van der Waals surface area (Å²) >= 11 is 0. The van der Waals surface area contributed by atoms with Crippen molar-refractivity contribution in [3.63, 3.8) is 0 Å². The first-order valence-corrected chi connectivity index (χ1v) is 8.59. The van der Waals surface area contributed by atoms with Gasteiger partial charge in [-0.05, 0) is 43.9 Å². The van der Waals surface area contributed by atoms with Crippen LogP contribution in [0.1, 0.15) is 52.5 Å². The molecule has 1 atom stereocenters. The molecule has 0 fully saturated rings. The van der Waals surface area contributed by atoms with Gasteiger partial charge in [0.15, 0.2) is 0 Å². The lowest BCUT2D eigenvalue weighted by molar-refractivity contribution is 0.330. The maximum absolute atomic E-state index is 12.5. The average molecular weight is 299 g/mol. The van der Waals surface area contributed by atoms with Crippen LogP contribution < -0.4 is 9.46 Å². The van der Waals surface area contributed by atoms with Gasteiger partial charge in [0.1, 0.15) is 10.6 Å². The van der Waals surface area contributed by atoms with E-state index in [1.165, 1.54) is 0 Å². The lowest BCUT2D eigenvalue weighted by Gasteiger charge is -2.17. The van der Waals surface area contributed by atoms with Gasteiger partial charge in [-0.25, -0.2) is 13.1 Å². The van der Waals surface area contributed by atoms with E-state index in [2.05, 4.69) is 4.72 Å². The molecule has 0 radical (unpaired) electrons. The minimum atomic E-state index is -3.56. The molecule has 1 N–H and O–H groups in total. The molecule has 0 bridgehead atoms. The summed E-state index contributed by atoms with van der Waals surface area (Å²) in [5.41, 5.74) is 0.984. The Hall–Kier alpha value is -1.07. The second-order valence-corrected chi connectivity index (χ2v) is 6.91. The van der Waals surface area contributed by atoms with Gasteiger partial charge < -0.3 is 4.74 Å². The first-order chi connectivity index (χ1) is 9.31. The molecule has 1 aromatic carbocycles. The topological polar surface area (TPSA) is 55.4 Å². The van der Waals surface area contributed by atoms with Crippen molar-refractivity contribution >= 4 is 10.0 Å². The highest BCUT2D eigenvalue weighted by Crippen LogP contribution is 2.28. The zero-order valence-electron chi connectivity index (χ0n) is 12.9. The standard InChI is InChI=1S/C15H25NO3S/c1-6-12(5)16-20(17,18)15-10-13(11(3)4)8-9-14(15)19-7-2/h8-12,16H,6-7H2,1-5H3. The molecule has 5 heteroatoms. The first-order valence-electron chi connectivity index (χ1n) is 7.10. The van der Waals surface area contributed by atoms with Gasteiger partial charge in [0.2, 0.25) is 10.0 Å². The molecule has 0 spiro atoms. The van der Waals surface area contributed by atoms with Gasteiger partial charge in [0.05, 0.1) is 6.61 Å². The van der Waals surface area contributed by atoms with Crippen LogP contribution in [0.15, 0.2) is 23.1 Å². The molecular formula is C15H25NO3S. The van der Waals surface area contributed by atoms with Crippen molar-refractivity contribution in [1.82, 2.24) is 4.72 Å². The van der Waals surface area contributed by atoms with Crippen molar-refractivity contribution in [2.45, 2.75) is 57.9 Å². The van der Waals surface area contributed by atoms with Gasteiger partial charge in [-0.15, -0.1) is 0 Å². The fourth-order valence-corrected chi connectivity index (χ4v) is 3.29. The zero-order valence-corrected chi connectivity index (χ0v) is 13.8. The Labute approximate surface area is 122 Å². The van der Waals surface area contributed by atoms with E-state index in [0.29, 0.717) is 12.4 Å². The molecule has 0 saturated carbocycles. The highest BCUT2D eigenvalue weighted by molar-refractivity contribution is 7.89. The number of hydrogen-bond acceptors (Lipinski definition) is 3. The summed E-state index contributed by atoms with van der Waals surface area (Å²) in [6, 6.07) is 5.26. The first kappa shape index (κ1) is 17.0. The summed E-state index contributed by atoms with van der Waals surface area (Å²) in [5.74, 6) is 0.677. The summed E-state index contributed by atoms with van der Waals surface area (Å²) in [5, 5.41) is 0.